The molecule has 3 N–H and O–H groups in total. The zero-order valence-corrected chi connectivity index (χ0v) is 20.0. The maximum Gasteiger partial charge on any atom is 0.223 e. The number of rotatable bonds is 10. The molecule has 3 aliphatic carbocycles. The molecule has 0 aromatic rings. The van der Waals surface area contributed by atoms with Crippen LogP contribution in [-0.4, -0.2) is 35.8 Å². The first kappa shape index (κ1) is 25.0. The van der Waals surface area contributed by atoms with E-state index in [9.17, 15) is 14.4 Å². The summed E-state index contributed by atoms with van der Waals surface area (Å²) in [6.07, 6.45) is 19.1. The zero-order chi connectivity index (χ0) is 22.6. The normalized spacial score (nSPS) is 22.1. The van der Waals surface area contributed by atoms with E-state index in [0.29, 0.717) is 25.3 Å². The van der Waals surface area contributed by atoms with Gasteiger partial charge in [-0.15, -0.1) is 0 Å². The highest BCUT2D eigenvalue weighted by Gasteiger charge is 2.26. The Hall–Kier alpha value is -1.59. The molecule has 182 valence electrons. The number of nitrogens with one attached hydrogen (secondary N) is 3. The molecule has 6 heteroatoms. The molecule has 0 radical (unpaired) electrons. The summed E-state index contributed by atoms with van der Waals surface area (Å²) in [7, 11) is 0. The van der Waals surface area contributed by atoms with Gasteiger partial charge >= 0.3 is 0 Å². The fourth-order valence-corrected chi connectivity index (χ4v) is 5.70. The van der Waals surface area contributed by atoms with Gasteiger partial charge in [0.05, 0.1) is 0 Å². The first-order chi connectivity index (χ1) is 15.6. The van der Waals surface area contributed by atoms with E-state index < -0.39 is 0 Å². The molecule has 6 nitrogen and oxygen atoms in total. The Bertz CT molecular complexity index is 591. The van der Waals surface area contributed by atoms with Gasteiger partial charge in [-0.25, -0.2) is 0 Å². The van der Waals surface area contributed by atoms with E-state index in [-0.39, 0.29) is 42.1 Å². The van der Waals surface area contributed by atoms with E-state index in [1.54, 1.807) is 0 Å². The Morgan fingerprint density at radius 1 is 0.594 bits per heavy atom. The molecule has 0 aliphatic heterocycles. The molecule has 3 amide bonds. The Morgan fingerprint density at radius 2 is 1.03 bits per heavy atom. The maximum absolute atomic E-state index is 13.0. The fraction of sp³-hybridized carbons (Fsp3) is 0.885. The van der Waals surface area contributed by atoms with Crippen LogP contribution in [0.2, 0.25) is 0 Å². The van der Waals surface area contributed by atoms with Crippen LogP contribution in [0.5, 0.6) is 0 Å². The van der Waals surface area contributed by atoms with Crippen molar-refractivity contribution < 1.29 is 14.4 Å². The molecule has 0 bridgehead atoms. The lowest BCUT2D eigenvalue weighted by Crippen LogP contribution is -2.43. The van der Waals surface area contributed by atoms with Gasteiger partial charge in [-0.2, -0.15) is 0 Å². The topological polar surface area (TPSA) is 87.3 Å². The highest BCUT2D eigenvalue weighted by molar-refractivity contribution is 5.86. The van der Waals surface area contributed by atoms with Gasteiger partial charge in [-0.3, -0.25) is 14.4 Å². The van der Waals surface area contributed by atoms with Gasteiger partial charge in [0.2, 0.25) is 17.7 Å². The monoisotopic (exact) mass is 447 g/mol. The lowest BCUT2D eigenvalue weighted by molar-refractivity contribution is -0.131. The molecule has 3 aliphatic rings. The molecular weight excluding hydrogens is 402 g/mol. The van der Waals surface area contributed by atoms with Crippen LogP contribution >= 0.6 is 0 Å². The number of hydrogen-bond donors (Lipinski definition) is 3. The summed E-state index contributed by atoms with van der Waals surface area (Å²) < 4.78 is 0. The second-order valence-electron chi connectivity index (χ2n) is 10.4. The number of amides is 3. The standard InChI is InChI=1S/C26H45N3O3/c30-24(27-21-12-4-1-5-13-21)18-10-11-20(26(32)29-23-16-8-3-9-17-23)19-25(31)28-22-14-6-2-7-15-22/h20-23H,1-19H2,(H,27,30)(H,28,31)(H,29,32). The Morgan fingerprint density at radius 3 is 1.53 bits per heavy atom. The third-order valence-electron chi connectivity index (χ3n) is 7.65. The van der Waals surface area contributed by atoms with E-state index >= 15 is 0 Å². The van der Waals surface area contributed by atoms with E-state index in [1.165, 1.54) is 57.8 Å². The minimum Gasteiger partial charge on any atom is -0.353 e. The SMILES string of the molecule is O=C(CCCC(CC(=O)NC1CCCCC1)C(=O)NC1CCCCC1)NC1CCCCC1. The van der Waals surface area contributed by atoms with Crippen molar-refractivity contribution in [3.63, 3.8) is 0 Å². The van der Waals surface area contributed by atoms with Crippen LogP contribution in [-0.2, 0) is 14.4 Å². The smallest absolute Gasteiger partial charge is 0.223 e. The molecule has 1 atom stereocenters. The summed E-state index contributed by atoms with van der Waals surface area (Å²) in [6, 6.07) is 0.831. The molecule has 3 rings (SSSR count). The average Bonchev–Trinajstić information content (AvgIpc) is 2.80. The molecule has 3 saturated carbocycles. The van der Waals surface area contributed by atoms with Crippen molar-refractivity contribution in [1.29, 1.82) is 0 Å². The van der Waals surface area contributed by atoms with E-state index in [4.69, 9.17) is 0 Å². The van der Waals surface area contributed by atoms with E-state index in [0.717, 1.165) is 38.5 Å². The largest absolute Gasteiger partial charge is 0.353 e. The molecule has 32 heavy (non-hydrogen) atoms. The van der Waals surface area contributed by atoms with Gasteiger partial charge in [0.25, 0.3) is 0 Å². The van der Waals surface area contributed by atoms with Crippen molar-refractivity contribution in [2.75, 3.05) is 0 Å². The Labute approximate surface area is 194 Å². The van der Waals surface area contributed by atoms with Crippen molar-refractivity contribution in [3.05, 3.63) is 0 Å². The number of carbonyl (C=O) groups is 3. The van der Waals surface area contributed by atoms with Crippen molar-refractivity contribution in [1.82, 2.24) is 16.0 Å². The summed E-state index contributed by atoms with van der Waals surface area (Å²) in [5, 5.41) is 9.54. The third-order valence-corrected chi connectivity index (χ3v) is 7.65. The summed E-state index contributed by atoms with van der Waals surface area (Å²) >= 11 is 0. The predicted octanol–water partition coefficient (Wildman–Crippen LogP) is 4.51. The summed E-state index contributed by atoms with van der Waals surface area (Å²) in [5.41, 5.74) is 0. The number of hydrogen-bond acceptors (Lipinski definition) is 3. The first-order valence-electron chi connectivity index (χ1n) is 13.5. The van der Waals surface area contributed by atoms with Crippen LogP contribution in [0.1, 0.15) is 122 Å². The molecule has 0 aromatic carbocycles. The first-order valence-corrected chi connectivity index (χ1v) is 13.5. The molecule has 3 fully saturated rings. The van der Waals surface area contributed by atoms with Crippen LogP contribution in [0.3, 0.4) is 0 Å². The zero-order valence-electron chi connectivity index (χ0n) is 20.0. The summed E-state index contributed by atoms with van der Waals surface area (Å²) in [6.45, 7) is 0. The highest BCUT2D eigenvalue weighted by Crippen LogP contribution is 2.22. The molecule has 1 unspecified atom stereocenters. The molecular formula is C26H45N3O3. The summed E-state index contributed by atoms with van der Waals surface area (Å²) in [5.74, 6) is -0.256. The summed E-state index contributed by atoms with van der Waals surface area (Å²) in [4.78, 5) is 38.1. The van der Waals surface area contributed by atoms with Crippen molar-refractivity contribution in [2.24, 2.45) is 5.92 Å². The lowest BCUT2D eigenvalue weighted by atomic mass is 9.92. The van der Waals surface area contributed by atoms with Crippen LogP contribution in [0, 0.1) is 5.92 Å². The average molecular weight is 448 g/mol. The minimum atomic E-state index is -0.344. The van der Waals surface area contributed by atoms with Crippen molar-refractivity contribution in [3.8, 4) is 0 Å². The minimum absolute atomic E-state index is 0.00313. The quantitative estimate of drug-likeness (QED) is 0.460. The molecule has 0 heterocycles. The third kappa shape index (κ3) is 9.11. The molecule has 0 spiro atoms. The van der Waals surface area contributed by atoms with Gasteiger partial charge < -0.3 is 16.0 Å². The van der Waals surface area contributed by atoms with E-state index in [1.807, 2.05) is 0 Å². The van der Waals surface area contributed by atoms with Gasteiger partial charge in [-0.05, 0) is 51.4 Å². The molecule has 0 aromatic heterocycles. The van der Waals surface area contributed by atoms with Gasteiger partial charge in [-0.1, -0.05) is 57.8 Å². The maximum atomic E-state index is 13.0. The fourth-order valence-electron chi connectivity index (χ4n) is 5.70. The van der Waals surface area contributed by atoms with Crippen LogP contribution in [0.4, 0.5) is 0 Å². The van der Waals surface area contributed by atoms with Crippen LogP contribution < -0.4 is 16.0 Å². The molecule has 0 saturated heterocycles. The van der Waals surface area contributed by atoms with Crippen LogP contribution in [0.15, 0.2) is 0 Å². The Balaban J connectivity index is 1.46. The highest BCUT2D eigenvalue weighted by atomic mass is 16.2. The predicted molar refractivity (Wildman–Crippen MR) is 127 cm³/mol. The van der Waals surface area contributed by atoms with Crippen molar-refractivity contribution >= 4 is 17.7 Å². The Kier molecular flexibility index (Phi) is 10.8. The van der Waals surface area contributed by atoms with Crippen molar-refractivity contribution in [2.45, 2.75) is 140 Å². The second-order valence-corrected chi connectivity index (χ2v) is 10.4. The van der Waals surface area contributed by atoms with E-state index in [2.05, 4.69) is 16.0 Å². The van der Waals surface area contributed by atoms with Gasteiger partial charge in [0.1, 0.15) is 0 Å². The van der Waals surface area contributed by atoms with Gasteiger partial charge in [0, 0.05) is 36.9 Å². The van der Waals surface area contributed by atoms with Crippen LogP contribution in [0.25, 0.3) is 0 Å². The lowest BCUT2D eigenvalue weighted by Gasteiger charge is -2.27. The second kappa shape index (κ2) is 13.8. The van der Waals surface area contributed by atoms with Gasteiger partial charge in [0.15, 0.2) is 0 Å². The number of carbonyl (C=O) groups excluding carboxylic acids is 3.